The van der Waals surface area contributed by atoms with E-state index in [1.54, 1.807) is 0 Å². The Bertz CT molecular complexity index is 417. The number of nitrogens with zero attached hydrogens (tertiary/aromatic N) is 3. The number of anilines is 3. The quantitative estimate of drug-likeness (QED) is 0.688. The number of hydrogen-bond acceptors (Lipinski definition) is 6. The van der Waals surface area contributed by atoms with Crippen LogP contribution in [0.25, 0.3) is 0 Å². The van der Waals surface area contributed by atoms with E-state index >= 15 is 0 Å². The molecule has 0 amide bonds. The fourth-order valence-corrected chi connectivity index (χ4v) is 1.50. The van der Waals surface area contributed by atoms with Gasteiger partial charge in [0.15, 0.2) is 0 Å². The van der Waals surface area contributed by atoms with E-state index in [1.165, 1.54) is 5.57 Å². The average Bonchev–Trinajstić information content (AvgIpc) is 2.69. The van der Waals surface area contributed by atoms with Crippen LogP contribution in [0.2, 0.25) is 0 Å². The first-order valence-corrected chi connectivity index (χ1v) is 5.10. The van der Waals surface area contributed by atoms with Crippen molar-refractivity contribution in [3.05, 3.63) is 23.8 Å². The Morgan fingerprint density at radius 2 is 1.94 bits per heavy atom. The van der Waals surface area contributed by atoms with Gasteiger partial charge in [0, 0.05) is 6.54 Å². The minimum atomic E-state index is 0.134. The largest absolute Gasteiger partial charge is 0.368 e. The van der Waals surface area contributed by atoms with Crippen molar-refractivity contribution in [3.63, 3.8) is 0 Å². The lowest BCUT2D eigenvalue weighted by atomic mass is 10.2. The molecule has 1 aromatic rings. The summed E-state index contributed by atoms with van der Waals surface area (Å²) in [6, 6.07) is 0. The summed E-state index contributed by atoms with van der Waals surface area (Å²) in [5.41, 5.74) is 12.2. The number of nitrogen functional groups attached to an aromatic ring is 2. The monoisotopic (exact) mass is 218 g/mol. The molecule has 0 saturated heterocycles. The number of nitrogens with two attached hydrogens (primary N) is 2. The summed E-state index contributed by atoms with van der Waals surface area (Å²) < 4.78 is 0. The summed E-state index contributed by atoms with van der Waals surface area (Å²) >= 11 is 0. The first-order valence-electron chi connectivity index (χ1n) is 5.10. The van der Waals surface area contributed by atoms with Crippen LogP contribution in [0.3, 0.4) is 0 Å². The molecule has 1 aliphatic carbocycles. The van der Waals surface area contributed by atoms with Crippen LogP contribution in [-0.4, -0.2) is 21.5 Å². The van der Waals surface area contributed by atoms with Crippen LogP contribution in [0.1, 0.15) is 12.8 Å². The second kappa shape index (κ2) is 4.61. The molecule has 84 valence electrons. The first-order chi connectivity index (χ1) is 7.74. The predicted molar refractivity (Wildman–Crippen MR) is 63.6 cm³/mol. The van der Waals surface area contributed by atoms with Gasteiger partial charge in [-0.2, -0.15) is 15.0 Å². The third kappa shape index (κ3) is 2.69. The van der Waals surface area contributed by atoms with E-state index in [1.807, 2.05) is 0 Å². The maximum atomic E-state index is 5.45. The molecule has 2 rings (SSSR count). The summed E-state index contributed by atoms with van der Waals surface area (Å²) in [7, 11) is 0. The molecule has 1 aromatic heterocycles. The highest BCUT2D eigenvalue weighted by molar-refractivity contribution is 5.37. The smallest absolute Gasteiger partial charge is 0.229 e. The fraction of sp³-hybridized carbons (Fsp3) is 0.300. The molecular formula is C10H14N6. The summed E-state index contributed by atoms with van der Waals surface area (Å²) in [5.74, 6) is 0.692. The third-order valence-electron chi connectivity index (χ3n) is 2.21. The molecule has 0 spiro atoms. The molecule has 0 aliphatic heterocycles. The number of hydrogen-bond donors (Lipinski definition) is 3. The summed E-state index contributed by atoms with van der Waals surface area (Å²) in [6.45, 7) is 0.749. The average molecular weight is 218 g/mol. The minimum absolute atomic E-state index is 0.134. The number of nitrogens with one attached hydrogen (secondary N) is 1. The molecular weight excluding hydrogens is 204 g/mol. The van der Waals surface area contributed by atoms with Crippen molar-refractivity contribution >= 4 is 17.8 Å². The van der Waals surface area contributed by atoms with Crippen LogP contribution in [0, 0.1) is 0 Å². The molecule has 0 atom stereocenters. The number of allylic oxidation sites excluding steroid dienone is 3. The van der Waals surface area contributed by atoms with Gasteiger partial charge < -0.3 is 16.8 Å². The predicted octanol–water partition coefficient (Wildman–Crippen LogP) is 0.724. The van der Waals surface area contributed by atoms with E-state index in [2.05, 4.69) is 38.5 Å². The van der Waals surface area contributed by atoms with Crippen molar-refractivity contribution in [3.8, 4) is 0 Å². The molecule has 16 heavy (non-hydrogen) atoms. The zero-order valence-electron chi connectivity index (χ0n) is 8.85. The van der Waals surface area contributed by atoms with E-state index < -0.39 is 0 Å². The van der Waals surface area contributed by atoms with Gasteiger partial charge in [0.1, 0.15) is 0 Å². The van der Waals surface area contributed by atoms with Gasteiger partial charge in [-0.3, -0.25) is 0 Å². The van der Waals surface area contributed by atoms with Gasteiger partial charge in [0.05, 0.1) is 0 Å². The zero-order chi connectivity index (χ0) is 11.4. The second-order valence-corrected chi connectivity index (χ2v) is 3.47. The Hall–Kier alpha value is -2.11. The number of rotatable bonds is 4. The first kappa shape index (κ1) is 10.4. The maximum Gasteiger partial charge on any atom is 0.229 e. The summed E-state index contributed by atoms with van der Waals surface area (Å²) in [6.07, 6.45) is 8.41. The Labute approximate surface area is 93.5 Å². The van der Waals surface area contributed by atoms with Gasteiger partial charge in [-0.05, 0) is 12.8 Å². The Morgan fingerprint density at radius 3 is 2.56 bits per heavy atom. The van der Waals surface area contributed by atoms with Crippen LogP contribution in [-0.2, 0) is 0 Å². The highest BCUT2D eigenvalue weighted by atomic mass is 15.2. The number of aromatic nitrogens is 3. The third-order valence-corrected chi connectivity index (χ3v) is 2.21. The van der Waals surface area contributed by atoms with Gasteiger partial charge in [-0.15, -0.1) is 0 Å². The van der Waals surface area contributed by atoms with E-state index in [4.69, 9.17) is 11.5 Å². The van der Waals surface area contributed by atoms with Crippen LogP contribution in [0.4, 0.5) is 17.8 Å². The molecule has 0 fully saturated rings. The van der Waals surface area contributed by atoms with Gasteiger partial charge >= 0.3 is 0 Å². The van der Waals surface area contributed by atoms with Crippen molar-refractivity contribution in [2.75, 3.05) is 23.3 Å². The van der Waals surface area contributed by atoms with Crippen molar-refractivity contribution < 1.29 is 0 Å². The fourth-order valence-electron chi connectivity index (χ4n) is 1.50. The summed E-state index contributed by atoms with van der Waals surface area (Å²) in [4.78, 5) is 11.5. The van der Waals surface area contributed by atoms with Crippen LogP contribution < -0.4 is 16.8 Å². The van der Waals surface area contributed by atoms with Crippen LogP contribution >= 0.6 is 0 Å². The molecule has 1 heterocycles. The van der Waals surface area contributed by atoms with E-state index in [-0.39, 0.29) is 11.9 Å². The molecule has 1 aliphatic rings. The lowest BCUT2D eigenvalue weighted by Crippen LogP contribution is -2.10. The van der Waals surface area contributed by atoms with Gasteiger partial charge in [0.2, 0.25) is 17.8 Å². The molecule has 6 nitrogen and oxygen atoms in total. The SMILES string of the molecule is Nc1nc(N)nc(NCCC2=CCC=C2)n1. The van der Waals surface area contributed by atoms with E-state index in [0.717, 1.165) is 19.4 Å². The Balaban J connectivity index is 1.87. The zero-order valence-corrected chi connectivity index (χ0v) is 8.85. The van der Waals surface area contributed by atoms with Crippen LogP contribution in [0.5, 0.6) is 0 Å². The highest BCUT2D eigenvalue weighted by Crippen LogP contribution is 2.12. The molecule has 0 bridgehead atoms. The molecule has 6 heteroatoms. The second-order valence-electron chi connectivity index (χ2n) is 3.47. The van der Waals surface area contributed by atoms with Gasteiger partial charge in [-0.1, -0.05) is 23.8 Å². The highest BCUT2D eigenvalue weighted by Gasteiger charge is 2.02. The molecule has 5 N–H and O–H groups in total. The lowest BCUT2D eigenvalue weighted by Gasteiger charge is -2.05. The van der Waals surface area contributed by atoms with E-state index in [9.17, 15) is 0 Å². The van der Waals surface area contributed by atoms with Gasteiger partial charge in [0.25, 0.3) is 0 Å². The normalized spacial score (nSPS) is 13.9. The standard InChI is InChI=1S/C10H14N6/c11-8-14-9(12)16-10(15-8)13-6-5-7-3-1-2-4-7/h1,3-4H,2,5-6H2,(H5,11,12,13,14,15,16). The molecule has 0 unspecified atom stereocenters. The maximum absolute atomic E-state index is 5.45. The Kier molecular flexibility index (Phi) is 3.00. The summed E-state index contributed by atoms with van der Waals surface area (Å²) in [5, 5.41) is 3.06. The molecule has 0 saturated carbocycles. The lowest BCUT2D eigenvalue weighted by molar-refractivity contribution is 0.976. The van der Waals surface area contributed by atoms with Crippen molar-refractivity contribution in [2.24, 2.45) is 0 Å². The van der Waals surface area contributed by atoms with E-state index in [0.29, 0.717) is 5.95 Å². The van der Waals surface area contributed by atoms with Crippen molar-refractivity contribution in [1.29, 1.82) is 0 Å². The van der Waals surface area contributed by atoms with Crippen molar-refractivity contribution in [2.45, 2.75) is 12.8 Å². The van der Waals surface area contributed by atoms with Crippen molar-refractivity contribution in [1.82, 2.24) is 15.0 Å². The van der Waals surface area contributed by atoms with Crippen LogP contribution in [0.15, 0.2) is 23.8 Å². The topological polar surface area (TPSA) is 103 Å². The molecule has 0 radical (unpaired) electrons. The molecule has 0 aromatic carbocycles. The van der Waals surface area contributed by atoms with Gasteiger partial charge in [-0.25, -0.2) is 0 Å². The Morgan fingerprint density at radius 1 is 1.19 bits per heavy atom. The minimum Gasteiger partial charge on any atom is -0.368 e.